The molecule has 5 heteroatoms. The standard InChI is InChI=1S/C11H12N2O3/c1-16-10-6-8(7-12)2-3-9(10)13-5-4-11(14)15/h2-3,6,13H,4-5H2,1H3,(H,14,15). The molecule has 84 valence electrons. The lowest BCUT2D eigenvalue weighted by Crippen LogP contribution is -2.08. The van der Waals surface area contributed by atoms with Crippen molar-refractivity contribution in [3.05, 3.63) is 23.8 Å². The van der Waals surface area contributed by atoms with Gasteiger partial charge in [-0.25, -0.2) is 0 Å². The number of carboxylic acid groups (broad SMARTS) is 1. The number of nitrogens with one attached hydrogen (secondary N) is 1. The van der Waals surface area contributed by atoms with Crippen molar-refractivity contribution < 1.29 is 14.6 Å². The van der Waals surface area contributed by atoms with Gasteiger partial charge in [0.25, 0.3) is 0 Å². The molecular formula is C11H12N2O3. The second-order valence-corrected chi connectivity index (χ2v) is 3.10. The summed E-state index contributed by atoms with van der Waals surface area (Å²) in [7, 11) is 1.50. The quantitative estimate of drug-likeness (QED) is 0.784. The first-order valence-electron chi connectivity index (χ1n) is 4.71. The van der Waals surface area contributed by atoms with E-state index in [0.29, 0.717) is 23.5 Å². The van der Waals surface area contributed by atoms with Gasteiger partial charge in [0, 0.05) is 12.6 Å². The van der Waals surface area contributed by atoms with Crippen LogP contribution in [0.4, 0.5) is 5.69 Å². The van der Waals surface area contributed by atoms with Gasteiger partial charge in [-0.3, -0.25) is 4.79 Å². The second-order valence-electron chi connectivity index (χ2n) is 3.10. The van der Waals surface area contributed by atoms with Gasteiger partial charge >= 0.3 is 5.97 Å². The fraction of sp³-hybridized carbons (Fsp3) is 0.273. The third kappa shape index (κ3) is 3.17. The Morgan fingerprint density at radius 1 is 1.62 bits per heavy atom. The molecule has 0 aliphatic rings. The molecule has 0 aromatic heterocycles. The maximum absolute atomic E-state index is 10.3. The third-order valence-electron chi connectivity index (χ3n) is 1.98. The number of rotatable bonds is 5. The van der Waals surface area contributed by atoms with Crippen molar-refractivity contribution in [2.75, 3.05) is 19.0 Å². The zero-order valence-corrected chi connectivity index (χ0v) is 8.86. The first-order valence-corrected chi connectivity index (χ1v) is 4.71. The Morgan fingerprint density at radius 2 is 2.38 bits per heavy atom. The van der Waals surface area contributed by atoms with Crippen molar-refractivity contribution in [2.24, 2.45) is 0 Å². The summed E-state index contributed by atoms with van der Waals surface area (Å²) in [6, 6.07) is 6.94. The monoisotopic (exact) mass is 220 g/mol. The topological polar surface area (TPSA) is 82.3 Å². The SMILES string of the molecule is COc1cc(C#N)ccc1NCCC(=O)O. The van der Waals surface area contributed by atoms with Crippen LogP contribution in [-0.2, 0) is 4.79 Å². The van der Waals surface area contributed by atoms with Crippen LogP contribution in [0, 0.1) is 11.3 Å². The van der Waals surface area contributed by atoms with Gasteiger partial charge in [0.2, 0.25) is 0 Å². The Morgan fingerprint density at radius 3 is 2.94 bits per heavy atom. The molecule has 0 spiro atoms. The third-order valence-corrected chi connectivity index (χ3v) is 1.98. The lowest BCUT2D eigenvalue weighted by Gasteiger charge is -2.10. The summed E-state index contributed by atoms with van der Waals surface area (Å²) in [5.41, 5.74) is 1.18. The lowest BCUT2D eigenvalue weighted by atomic mass is 10.2. The van der Waals surface area contributed by atoms with Crippen molar-refractivity contribution >= 4 is 11.7 Å². The van der Waals surface area contributed by atoms with Gasteiger partial charge in [-0.15, -0.1) is 0 Å². The number of ether oxygens (including phenoxy) is 1. The minimum Gasteiger partial charge on any atom is -0.495 e. The molecule has 0 saturated carbocycles. The molecule has 5 nitrogen and oxygen atoms in total. The number of anilines is 1. The van der Waals surface area contributed by atoms with Crippen LogP contribution in [0.3, 0.4) is 0 Å². The fourth-order valence-corrected chi connectivity index (χ4v) is 1.21. The maximum atomic E-state index is 10.3. The maximum Gasteiger partial charge on any atom is 0.305 e. The first kappa shape index (κ1) is 11.9. The smallest absolute Gasteiger partial charge is 0.305 e. The minimum atomic E-state index is -0.861. The number of nitrogens with zero attached hydrogens (tertiary/aromatic N) is 1. The van der Waals surface area contributed by atoms with Crippen LogP contribution in [0.5, 0.6) is 5.75 Å². The molecule has 0 bridgehead atoms. The van der Waals surface area contributed by atoms with E-state index in [1.54, 1.807) is 18.2 Å². The molecule has 16 heavy (non-hydrogen) atoms. The van der Waals surface area contributed by atoms with Crippen molar-refractivity contribution in [3.63, 3.8) is 0 Å². The van der Waals surface area contributed by atoms with Crippen LogP contribution in [0.2, 0.25) is 0 Å². The number of aliphatic carboxylic acids is 1. The molecule has 0 radical (unpaired) electrons. The van der Waals surface area contributed by atoms with Gasteiger partial charge in [0.05, 0.1) is 30.9 Å². The van der Waals surface area contributed by atoms with E-state index in [1.165, 1.54) is 7.11 Å². The van der Waals surface area contributed by atoms with Crippen molar-refractivity contribution in [2.45, 2.75) is 6.42 Å². The Hall–Kier alpha value is -2.22. The molecular weight excluding hydrogens is 208 g/mol. The molecule has 1 aromatic rings. The number of carbonyl (C=O) groups is 1. The molecule has 0 amide bonds. The van der Waals surface area contributed by atoms with E-state index >= 15 is 0 Å². The number of benzene rings is 1. The predicted molar refractivity (Wildman–Crippen MR) is 58.5 cm³/mol. The highest BCUT2D eigenvalue weighted by Crippen LogP contribution is 2.25. The Labute approximate surface area is 93.3 Å². The Kier molecular flexibility index (Phi) is 4.16. The number of nitriles is 1. The van der Waals surface area contributed by atoms with E-state index in [9.17, 15) is 4.79 Å². The minimum absolute atomic E-state index is 0.0309. The number of carboxylic acids is 1. The van der Waals surface area contributed by atoms with Crippen molar-refractivity contribution in [3.8, 4) is 11.8 Å². The molecule has 0 aliphatic heterocycles. The second kappa shape index (κ2) is 5.61. The summed E-state index contributed by atoms with van der Waals surface area (Å²) in [5.74, 6) is -0.329. The number of hydrogen-bond acceptors (Lipinski definition) is 4. The molecule has 2 N–H and O–H groups in total. The molecule has 0 atom stereocenters. The highest BCUT2D eigenvalue weighted by molar-refractivity contribution is 5.68. The fourth-order valence-electron chi connectivity index (χ4n) is 1.21. The van der Waals surface area contributed by atoms with Gasteiger partial charge in [-0.05, 0) is 12.1 Å². The van der Waals surface area contributed by atoms with Gasteiger partial charge in [-0.1, -0.05) is 0 Å². The average Bonchev–Trinajstić information content (AvgIpc) is 2.29. The van der Waals surface area contributed by atoms with Crippen LogP contribution in [0.25, 0.3) is 0 Å². The van der Waals surface area contributed by atoms with Gasteiger partial charge in [0.1, 0.15) is 5.75 Å². The summed E-state index contributed by atoms with van der Waals surface area (Å²) in [6.45, 7) is 0.317. The zero-order chi connectivity index (χ0) is 12.0. The molecule has 0 aliphatic carbocycles. The van der Waals surface area contributed by atoms with Gasteiger partial charge in [0.15, 0.2) is 0 Å². The van der Waals surface area contributed by atoms with Crippen LogP contribution >= 0.6 is 0 Å². The molecule has 1 rings (SSSR count). The lowest BCUT2D eigenvalue weighted by molar-refractivity contribution is -0.136. The summed E-state index contributed by atoms with van der Waals surface area (Å²) in [4.78, 5) is 10.3. The predicted octanol–water partition coefficient (Wildman–Crippen LogP) is 1.45. The molecule has 0 heterocycles. The van der Waals surface area contributed by atoms with E-state index in [4.69, 9.17) is 15.1 Å². The Bertz CT molecular complexity index is 424. The molecule has 0 saturated heterocycles. The number of methoxy groups -OCH3 is 1. The summed E-state index contributed by atoms with van der Waals surface area (Å²) in [6.07, 6.45) is 0.0309. The van der Waals surface area contributed by atoms with Crippen LogP contribution in [0.1, 0.15) is 12.0 Å². The van der Waals surface area contributed by atoms with Crippen LogP contribution in [0.15, 0.2) is 18.2 Å². The molecule has 1 aromatic carbocycles. The van der Waals surface area contributed by atoms with E-state index < -0.39 is 5.97 Å². The van der Waals surface area contributed by atoms with E-state index in [1.807, 2.05) is 6.07 Å². The van der Waals surface area contributed by atoms with Gasteiger partial charge < -0.3 is 15.2 Å². The van der Waals surface area contributed by atoms with Crippen LogP contribution < -0.4 is 10.1 Å². The number of hydrogen-bond donors (Lipinski definition) is 2. The summed E-state index contributed by atoms with van der Waals surface area (Å²) >= 11 is 0. The first-order chi connectivity index (χ1) is 7.67. The van der Waals surface area contributed by atoms with E-state index in [0.717, 1.165) is 0 Å². The molecule has 0 unspecified atom stereocenters. The van der Waals surface area contributed by atoms with Crippen LogP contribution in [-0.4, -0.2) is 24.7 Å². The Balaban J connectivity index is 2.72. The average molecular weight is 220 g/mol. The van der Waals surface area contributed by atoms with E-state index in [-0.39, 0.29) is 6.42 Å². The zero-order valence-electron chi connectivity index (χ0n) is 8.86. The van der Waals surface area contributed by atoms with E-state index in [2.05, 4.69) is 5.32 Å². The highest BCUT2D eigenvalue weighted by Gasteiger charge is 2.04. The normalized spacial score (nSPS) is 9.25. The van der Waals surface area contributed by atoms with Gasteiger partial charge in [-0.2, -0.15) is 5.26 Å². The highest BCUT2D eigenvalue weighted by atomic mass is 16.5. The summed E-state index contributed by atoms with van der Waals surface area (Å²) in [5, 5.41) is 20.1. The van der Waals surface area contributed by atoms with Crippen molar-refractivity contribution in [1.82, 2.24) is 0 Å². The summed E-state index contributed by atoms with van der Waals surface area (Å²) < 4.78 is 5.08. The van der Waals surface area contributed by atoms with Crippen molar-refractivity contribution in [1.29, 1.82) is 5.26 Å². The molecule has 0 fully saturated rings. The largest absolute Gasteiger partial charge is 0.495 e.